The first-order chi connectivity index (χ1) is 17.3. The van der Waals surface area contributed by atoms with E-state index in [1.54, 1.807) is 12.1 Å². The molecular weight excluding hydrogens is 471 g/mol. The minimum atomic E-state index is -2.26. The molecule has 3 atom stereocenters. The predicted molar refractivity (Wildman–Crippen MR) is 128 cm³/mol. The van der Waals surface area contributed by atoms with Crippen LogP contribution >= 0.6 is 0 Å². The van der Waals surface area contributed by atoms with Gasteiger partial charge in [-0.05, 0) is 63.0 Å². The van der Waals surface area contributed by atoms with E-state index < -0.39 is 24.2 Å². The lowest BCUT2D eigenvalue weighted by molar-refractivity contribution is -0.126. The van der Waals surface area contributed by atoms with E-state index >= 15 is 4.39 Å². The number of carbonyl (C=O) groups excluding carboxylic acids is 2. The van der Waals surface area contributed by atoms with E-state index in [0.717, 1.165) is 12.8 Å². The van der Waals surface area contributed by atoms with E-state index in [1.807, 2.05) is 0 Å². The van der Waals surface area contributed by atoms with Crippen LogP contribution in [0.4, 0.5) is 13.2 Å². The number of benzene rings is 1. The van der Waals surface area contributed by atoms with Gasteiger partial charge in [-0.3, -0.25) is 9.59 Å². The summed E-state index contributed by atoms with van der Waals surface area (Å²) in [5.74, 6) is -1.52. The monoisotopic (exact) mass is 505 g/mol. The SMILES string of the molecule is C=C1CC[C@@H](N2Cc3c(ccc(C[C@H]4OCCC[C@@H]4N[C@H]4CC[C@H](C(F)F)CC4)c3F)C2=O)C(=O)N1. The summed E-state index contributed by atoms with van der Waals surface area (Å²) >= 11 is 0. The zero-order valence-electron chi connectivity index (χ0n) is 20.4. The van der Waals surface area contributed by atoms with Crippen LogP contribution in [-0.4, -0.2) is 54.0 Å². The highest BCUT2D eigenvalue weighted by Crippen LogP contribution is 2.33. The van der Waals surface area contributed by atoms with Crippen molar-refractivity contribution in [3.05, 3.63) is 46.9 Å². The second-order valence-corrected chi connectivity index (χ2v) is 10.6. The molecule has 0 spiro atoms. The van der Waals surface area contributed by atoms with E-state index in [1.165, 1.54) is 4.90 Å². The average molecular weight is 506 g/mol. The first kappa shape index (κ1) is 25.3. The first-order valence-corrected chi connectivity index (χ1v) is 13.1. The van der Waals surface area contributed by atoms with E-state index in [4.69, 9.17) is 4.74 Å². The molecule has 0 unspecified atom stereocenters. The third-order valence-corrected chi connectivity index (χ3v) is 8.28. The van der Waals surface area contributed by atoms with Gasteiger partial charge in [0.15, 0.2) is 0 Å². The minimum absolute atomic E-state index is 0.0247. The maximum atomic E-state index is 15.7. The van der Waals surface area contributed by atoms with Crippen molar-refractivity contribution in [3.8, 4) is 0 Å². The van der Waals surface area contributed by atoms with E-state index in [2.05, 4.69) is 17.2 Å². The van der Waals surface area contributed by atoms with Crippen molar-refractivity contribution < 1.29 is 27.5 Å². The summed E-state index contributed by atoms with van der Waals surface area (Å²) in [6.45, 7) is 4.44. The van der Waals surface area contributed by atoms with Gasteiger partial charge in [-0.15, -0.1) is 0 Å². The molecule has 3 aliphatic heterocycles. The number of hydrogen-bond acceptors (Lipinski definition) is 4. The number of carbonyl (C=O) groups is 2. The Balaban J connectivity index is 1.26. The maximum absolute atomic E-state index is 15.7. The van der Waals surface area contributed by atoms with Crippen molar-refractivity contribution in [1.82, 2.24) is 15.5 Å². The van der Waals surface area contributed by atoms with Crippen LogP contribution in [-0.2, 0) is 22.5 Å². The number of hydrogen-bond donors (Lipinski definition) is 2. The molecule has 1 saturated carbocycles. The summed E-state index contributed by atoms with van der Waals surface area (Å²) in [5, 5.41) is 6.32. The summed E-state index contributed by atoms with van der Waals surface area (Å²) < 4.78 is 47.7. The molecule has 5 rings (SSSR count). The van der Waals surface area contributed by atoms with Crippen LogP contribution in [0.15, 0.2) is 24.4 Å². The van der Waals surface area contributed by atoms with Gasteiger partial charge < -0.3 is 20.3 Å². The lowest BCUT2D eigenvalue weighted by Crippen LogP contribution is -2.50. The van der Waals surface area contributed by atoms with Crippen molar-refractivity contribution in [2.45, 2.75) is 95.0 Å². The highest BCUT2D eigenvalue weighted by Gasteiger charge is 2.40. The van der Waals surface area contributed by atoms with Crippen molar-refractivity contribution >= 4 is 11.8 Å². The van der Waals surface area contributed by atoms with Gasteiger partial charge in [-0.2, -0.15) is 0 Å². The maximum Gasteiger partial charge on any atom is 0.255 e. The summed E-state index contributed by atoms with van der Waals surface area (Å²) in [5.41, 5.74) is 1.76. The molecule has 9 heteroatoms. The molecule has 2 amide bonds. The van der Waals surface area contributed by atoms with Crippen LogP contribution in [0.2, 0.25) is 0 Å². The highest BCUT2D eigenvalue weighted by molar-refractivity contribution is 6.01. The van der Waals surface area contributed by atoms with Gasteiger partial charge in [0.25, 0.3) is 5.91 Å². The van der Waals surface area contributed by atoms with Crippen LogP contribution in [0, 0.1) is 11.7 Å². The Morgan fingerprint density at radius 1 is 1.14 bits per heavy atom. The van der Waals surface area contributed by atoms with Crippen LogP contribution in [0.25, 0.3) is 0 Å². The second-order valence-electron chi connectivity index (χ2n) is 10.6. The van der Waals surface area contributed by atoms with Crippen LogP contribution in [0.5, 0.6) is 0 Å². The molecule has 0 aromatic heterocycles. The molecule has 1 aromatic rings. The quantitative estimate of drug-likeness (QED) is 0.612. The van der Waals surface area contributed by atoms with Crippen molar-refractivity contribution in [3.63, 3.8) is 0 Å². The van der Waals surface area contributed by atoms with Crippen LogP contribution in [0.3, 0.4) is 0 Å². The molecule has 0 bridgehead atoms. The lowest BCUT2D eigenvalue weighted by Gasteiger charge is -2.37. The summed E-state index contributed by atoms with van der Waals surface area (Å²) in [7, 11) is 0. The molecule has 0 radical (unpaired) electrons. The lowest BCUT2D eigenvalue weighted by atomic mass is 9.85. The molecule has 3 heterocycles. The Hall–Kier alpha value is -2.39. The third-order valence-electron chi connectivity index (χ3n) is 8.28. The smallest absolute Gasteiger partial charge is 0.255 e. The largest absolute Gasteiger partial charge is 0.376 e. The molecule has 196 valence electrons. The van der Waals surface area contributed by atoms with Gasteiger partial charge in [-0.1, -0.05) is 12.6 Å². The molecular formula is C27H34F3N3O3. The molecule has 6 nitrogen and oxygen atoms in total. The molecule has 3 fully saturated rings. The molecule has 1 aliphatic carbocycles. The molecule has 2 N–H and O–H groups in total. The van der Waals surface area contributed by atoms with Gasteiger partial charge in [0.2, 0.25) is 12.3 Å². The Bertz CT molecular complexity index is 1030. The number of nitrogens with zero attached hydrogens (tertiary/aromatic N) is 1. The Morgan fingerprint density at radius 2 is 1.92 bits per heavy atom. The number of allylic oxidation sites excluding steroid dienone is 1. The fraction of sp³-hybridized carbons (Fsp3) is 0.630. The van der Waals surface area contributed by atoms with Crippen molar-refractivity contribution in [2.75, 3.05) is 6.61 Å². The Kier molecular flexibility index (Phi) is 7.40. The van der Waals surface area contributed by atoms with Gasteiger partial charge in [0.05, 0.1) is 12.6 Å². The van der Waals surface area contributed by atoms with Crippen molar-refractivity contribution in [1.29, 1.82) is 0 Å². The zero-order valence-corrected chi connectivity index (χ0v) is 20.4. The summed E-state index contributed by atoms with van der Waals surface area (Å²) in [6, 6.07) is 2.88. The highest BCUT2D eigenvalue weighted by atomic mass is 19.3. The summed E-state index contributed by atoms with van der Waals surface area (Å²) in [4.78, 5) is 26.9. The summed E-state index contributed by atoms with van der Waals surface area (Å²) in [6.07, 6.45) is 3.18. The van der Waals surface area contributed by atoms with E-state index in [-0.39, 0.29) is 36.5 Å². The van der Waals surface area contributed by atoms with Gasteiger partial charge in [0, 0.05) is 47.9 Å². The number of rotatable bonds is 6. The Morgan fingerprint density at radius 3 is 2.64 bits per heavy atom. The van der Waals surface area contributed by atoms with Crippen molar-refractivity contribution in [2.24, 2.45) is 5.92 Å². The fourth-order valence-corrected chi connectivity index (χ4v) is 6.18. The average Bonchev–Trinajstić information content (AvgIpc) is 3.19. The normalized spacial score (nSPS) is 31.1. The standard InChI is InChI=1S/C27H34F3N3O3/c1-15-4-11-22(26(34)31-15)33-14-20-19(27(33)35)10-7-17(24(20)28)13-23-21(3-2-12-36-23)32-18-8-5-16(6-9-18)25(29)30/h7,10,16,18,21-23,25,32H,1-6,8-9,11-14H2,(H,31,34)/t16-,18-,21-,22+,23+/m0/s1. The van der Waals surface area contributed by atoms with Gasteiger partial charge >= 0.3 is 0 Å². The van der Waals surface area contributed by atoms with Crippen LogP contribution < -0.4 is 10.6 Å². The van der Waals surface area contributed by atoms with Gasteiger partial charge in [-0.25, -0.2) is 13.2 Å². The molecule has 4 aliphatic rings. The molecule has 1 aromatic carbocycles. The number of ether oxygens (including phenoxy) is 1. The van der Waals surface area contributed by atoms with E-state index in [0.29, 0.717) is 73.9 Å². The third kappa shape index (κ3) is 5.05. The number of piperidine rings is 1. The number of nitrogens with one attached hydrogen (secondary N) is 2. The Labute approximate surface area is 209 Å². The minimum Gasteiger partial charge on any atom is -0.376 e. The number of alkyl halides is 2. The predicted octanol–water partition coefficient (Wildman–Crippen LogP) is 4.08. The first-order valence-electron chi connectivity index (χ1n) is 13.1. The topological polar surface area (TPSA) is 70.7 Å². The number of fused-ring (bicyclic) bond motifs is 1. The number of halogens is 3. The molecule has 36 heavy (non-hydrogen) atoms. The van der Waals surface area contributed by atoms with Gasteiger partial charge in [0.1, 0.15) is 11.9 Å². The number of amides is 2. The van der Waals surface area contributed by atoms with Crippen LogP contribution in [0.1, 0.15) is 72.9 Å². The van der Waals surface area contributed by atoms with E-state index in [9.17, 15) is 18.4 Å². The second kappa shape index (κ2) is 10.5. The molecule has 2 saturated heterocycles. The fourth-order valence-electron chi connectivity index (χ4n) is 6.18. The zero-order chi connectivity index (χ0) is 25.4.